The van der Waals surface area contributed by atoms with E-state index in [0.29, 0.717) is 23.8 Å². The lowest BCUT2D eigenvalue weighted by molar-refractivity contribution is 0.0533. The van der Waals surface area contributed by atoms with Crippen LogP contribution in [0.1, 0.15) is 23.5 Å². The number of rotatable bonds is 5. The molecule has 2 N–H and O–H groups in total. The lowest BCUT2D eigenvalue weighted by Gasteiger charge is -2.04. The molecule has 1 heterocycles. The Kier molecular flexibility index (Phi) is 4.63. The second-order valence-electron chi connectivity index (χ2n) is 4.08. The van der Waals surface area contributed by atoms with E-state index in [4.69, 9.17) is 15.2 Å². The Morgan fingerprint density at radius 1 is 1.25 bits per heavy atom. The van der Waals surface area contributed by atoms with E-state index >= 15 is 0 Å². The van der Waals surface area contributed by atoms with Gasteiger partial charge in [-0.2, -0.15) is 0 Å². The molecule has 0 radical (unpaired) electrons. The fourth-order valence-electron chi connectivity index (χ4n) is 1.81. The molecular weight excluding hydrogens is 274 g/mol. The minimum absolute atomic E-state index is 0.339. The van der Waals surface area contributed by atoms with E-state index in [1.54, 1.807) is 13.0 Å². The predicted octanol–water partition coefficient (Wildman–Crippen LogP) is 3.57. The minimum atomic E-state index is -0.373. The van der Waals surface area contributed by atoms with Gasteiger partial charge in [-0.05, 0) is 37.6 Å². The van der Waals surface area contributed by atoms with Gasteiger partial charge in [0.2, 0.25) is 0 Å². The molecule has 0 aliphatic heterocycles. The third-order valence-electron chi connectivity index (χ3n) is 2.65. The maximum Gasteiger partial charge on any atom is 0.350 e. The van der Waals surface area contributed by atoms with Crippen molar-refractivity contribution < 1.29 is 14.3 Å². The average molecular weight is 291 g/mol. The van der Waals surface area contributed by atoms with Gasteiger partial charge in [-0.25, -0.2) is 4.79 Å². The highest BCUT2D eigenvalue weighted by atomic mass is 32.1. The standard InChI is InChI=1S/C15H17NO3S/c1-3-18-11-7-5-6-10(8-11)13-9-12(16)14(20-13)15(17)19-4-2/h5-9H,3-4,16H2,1-2H3. The Hall–Kier alpha value is -2.01. The summed E-state index contributed by atoms with van der Waals surface area (Å²) in [5.74, 6) is 0.428. The van der Waals surface area contributed by atoms with Crippen LogP contribution in [0.2, 0.25) is 0 Å². The predicted molar refractivity (Wildman–Crippen MR) is 81.3 cm³/mol. The molecule has 0 saturated heterocycles. The van der Waals surface area contributed by atoms with E-state index in [1.807, 2.05) is 31.2 Å². The number of esters is 1. The summed E-state index contributed by atoms with van der Waals surface area (Å²) in [5, 5.41) is 0. The van der Waals surface area contributed by atoms with Gasteiger partial charge >= 0.3 is 5.97 Å². The summed E-state index contributed by atoms with van der Waals surface area (Å²) in [5.41, 5.74) is 7.31. The first-order chi connectivity index (χ1) is 9.65. The summed E-state index contributed by atoms with van der Waals surface area (Å²) in [7, 11) is 0. The normalized spacial score (nSPS) is 10.3. The number of thiophene rings is 1. The van der Waals surface area contributed by atoms with Gasteiger partial charge in [0, 0.05) is 4.88 Å². The van der Waals surface area contributed by atoms with Gasteiger partial charge < -0.3 is 15.2 Å². The number of carbonyl (C=O) groups excluding carboxylic acids is 1. The largest absolute Gasteiger partial charge is 0.494 e. The smallest absolute Gasteiger partial charge is 0.350 e. The molecule has 0 atom stereocenters. The molecule has 20 heavy (non-hydrogen) atoms. The fraction of sp³-hybridized carbons (Fsp3) is 0.267. The number of hydrogen-bond donors (Lipinski definition) is 1. The van der Waals surface area contributed by atoms with Crippen molar-refractivity contribution in [3.05, 3.63) is 35.2 Å². The van der Waals surface area contributed by atoms with E-state index in [-0.39, 0.29) is 5.97 Å². The zero-order valence-corrected chi connectivity index (χ0v) is 12.3. The Morgan fingerprint density at radius 3 is 2.75 bits per heavy atom. The van der Waals surface area contributed by atoms with Gasteiger partial charge in [0.25, 0.3) is 0 Å². The topological polar surface area (TPSA) is 61.5 Å². The Balaban J connectivity index is 2.31. The van der Waals surface area contributed by atoms with E-state index in [0.717, 1.165) is 16.2 Å². The molecule has 1 aromatic carbocycles. The molecular formula is C15H17NO3S. The number of benzene rings is 1. The van der Waals surface area contributed by atoms with Crippen LogP contribution in [0.4, 0.5) is 5.69 Å². The van der Waals surface area contributed by atoms with Crippen LogP contribution >= 0.6 is 11.3 Å². The molecule has 0 aliphatic carbocycles. The van der Waals surface area contributed by atoms with Crippen LogP contribution in [0.15, 0.2) is 30.3 Å². The van der Waals surface area contributed by atoms with E-state index in [1.165, 1.54) is 11.3 Å². The van der Waals surface area contributed by atoms with Crippen molar-refractivity contribution in [2.75, 3.05) is 18.9 Å². The monoisotopic (exact) mass is 291 g/mol. The van der Waals surface area contributed by atoms with Crippen molar-refractivity contribution >= 4 is 23.0 Å². The molecule has 2 rings (SSSR count). The third-order valence-corrected chi connectivity index (χ3v) is 3.83. The summed E-state index contributed by atoms with van der Waals surface area (Å²) in [6.07, 6.45) is 0. The second kappa shape index (κ2) is 6.43. The molecule has 0 saturated carbocycles. The molecule has 0 spiro atoms. The second-order valence-corrected chi connectivity index (χ2v) is 5.13. The van der Waals surface area contributed by atoms with E-state index < -0.39 is 0 Å². The zero-order chi connectivity index (χ0) is 14.5. The first kappa shape index (κ1) is 14.4. The summed E-state index contributed by atoms with van der Waals surface area (Å²) in [6, 6.07) is 9.50. The molecule has 0 amide bonds. The Labute approximate surface area is 122 Å². The van der Waals surface area contributed by atoms with Crippen molar-refractivity contribution in [3.8, 4) is 16.2 Å². The van der Waals surface area contributed by atoms with Crippen LogP contribution in [0.3, 0.4) is 0 Å². The minimum Gasteiger partial charge on any atom is -0.494 e. The third kappa shape index (κ3) is 3.11. The molecule has 1 aromatic heterocycles. The van der Waals surface area contributed by atoms with Gasteiger partial charge in [0.15, 0.2) is 0 Å². The quantitative estimate of drug-likeness (QED) is 0.855. The maximum atomic E-state index is 11.8. The van der Waals surface area contributed by atoms with Crippen molar-refractivity contribution in [1.29, 1.82) is 0 Å². The van der Waals surface area contributed by atoms with Gasteiger partial charge in [0.05, 0.1) is 18.9 Å². The molecule has 5 heteroatoms. The first-order valence-electron chi connectivity index (χ1n) is 6.45. The molecule has 2 aromatic rings. The zero-order valence-electron chi connectivity index (χ0n) is 11.5. The Morgan fingerprint density at radius 2 is 2.05 bits per heavy atom. The van der Waals surface area contributed by atoms with Crippen LogP contribution in [-0.4, -0.2) is 19.2 Å². The fourth-order valence-corrected chi connectivity index (χ4v) is 2.78. The molecule has 0 aliphatic rings. The summed E-state index contributed by atoms with van der Waals surface area (Å²) in [4.78, 5) is 13.1. The Bertz CT molecular complexity index is 607. The van der Waals surface area contributed by atoms with E-state index in [2.05, 4.69) is 0 Å². The van der Waals surface area contributed by atoms with Gasteiger partial charge in [-0.15, -0.1) is 11.3 Å². The maximum absolute atomic E-state index is 11.8. The van der Waals surface area contributed by atoms with Crippen LogP contribution in [0, 0.1) is 0 Å². The lowest BCUT2D eigenvalue weighted by atomic mass is 10.2. The summed E-state index contributed by atoms with van der Waals surface area (Å²) < 4.78 is 10.5. The highest BCUT2D eigenvalue weighted by Gasteiger charge is 2.16. The van der Waals surface area contributed by atoms with Crippen molar-refractivity contribution in [2.45, 2.75) is 13.8 Å². The number of nitrogen functional groups attached to an aromatic ring is 1. The van der Waals surface area contributed by atoms with Crippen molar-refractivity contribution in [2.24, 2.45) is 0 Å². The van der Waals surface area contributed by atoms with E-state index in [9.17, 15) is 4.79 Å². The SMILES string of the molecule is CCOC(=O)c1sc(-c2cccc(OCC)c2)cc1N. The number of carbonyl (C=O) groups is 1. The first-order valence-corrected chi connectivity index (χ1v) is 7.27. The number of ether oxygens (including phenoxy) is 2. The van der Waals surface area contributed by atoms with Crippen LogP contribution in [0.5, 0.6) is 5.75 Å². The number of anilines is 1. The highest BCUT2D eigenvalue weighted by molar-refractivity contribution is 7.18. The highest BCUT2D eigenvalue weighted by Crippen LogP contribution is 2.35. The number of hydrogen-bond acceptors (Lipinski definition) is 5. The molecule has 4 nitrogen and oxygen atoms in total. The van der Waals surface area contributed by atoms with Gasteiger partial charge in [-0.3, -0.25) is 0 Å². The molecule has 0 fully saturated rings. The van der Waals surface area contributed by atoms with Crippen molar-refractivity contribution in [1.82, 2.24) is 0 Å². The van der Waals surface area contributed by atoms with Gasteiger partial charge in [-0.1, -0.05) is 12.1 Å². The van der Waals surface area contributed by atoms with Crippen LogP contribution in [-0.2, 0) is 4.74 Å². The molecule has 106 valence electrons. The average Bonchev–Trinajstić information content (AvgIpc) is 2.82. The summed E-state index contributed by atoms with van der Waals surface area (Å²) >= 11 is 1.33. The molecule has 0 unspecified atom stereocenters. The van der Waals surface area contributed by atoms with Gasteiger partial charge in [0.1, 0.15) is 10.6 Å². The lowest BCUT2D eigenvalue weighted by Crippen LogP contribution is -2.04. The van der Waals surface area contributed by atoms with Crippen LogP contribution < -0.4 is 10.5 Å². The molecule has 0 bridgehead atoms. The number of nitrogens with two attached hydrogens (primary N) is 1. The van der Waals surface area contributed by atoms with Crippen molar-refractivity contribution in [3.63, 3.8) is 0 Å². The summed E-state index contributed by atoms with van der Waals surface area (Å²) in [6.45, 7) is 4.66. The van der Waals surface area contributed by atoms with Crippen LogP contribution in [0.25, 0.3) is 10.4 Å².